The first kappa shape index (κ1) is 20.3. The van der Waals surface area contributed by atoms with E-state index in [0.717, 1.165) is 11.3 Å². The van der Waals surface area contributed by atoms with Crippen molar-refractivity contribution in [1.82, 2.24) is 0 Å². The molecular weight excluding hydrogens is 349 g/mol. The fraction of sp³-hybridized carbons (Fsp3) is 0.368. The first-order chi connectivity index (χ1) is 12.2. The van der Waals surface area contributed by atoms with E-state index in [0.29, 0.717) is 11.4 Å². The van der Waals surface area contributed by atoms with Crippen LogP contribution >= 0.6 is 7.60 Å². The second-order valence-corrected chi connectivity index (χ2v) is 8.70. The molecule has 2 aromatic carbocycles. The van der Waals surface area contributed by atoms with E-state index in [9.17, 15) is 4.57 Å². The van der Waals surface area contributed by atoms with E-state index >= 15 is 0 Å². The molecule has 0 aliphatic carbocycles. The van der Waals surface area contributed by atoms with Gasteiger partial charge < -0.3 is 25.8 Å². The van der Waals surface area contributed by atoms with Crippen LogP contribution in [0.25, 0.3) is 0 Å². The Bertz CT molecular complexity index is 749. The third-order valence-electron chi connectivity index (χ3n) is 3.47. The van der Waals surface area contributed by atoms with Gasteiger partial charge in [-0.25, -0.2) is 0 Å². The summed E-state index contributed by atoms with van der Waals surface area (Å²) in [5.74, 6) is -0.709. The summed E-state index contributed by atoms with van der Waals surface area (Å²) in [6, 6.07) is 14.4. The summed E-state index contributed by atoms with van der Waals surface area (Å²) >= 11 is 0. The van der Waals surface area contributed by atoms with Crippen molar-refractivity contribution in [3.8, 4) is 0 Å². The van der Waals surface area contributed by atoms with Crippen molar-refractivity contribution in [2.24, 2.45) is 0 Å². The quantitative estimate of drug-likeness (QED) is 0.442. The molecule has 0 radical (unpaired) electrons. The van der Waals surface area contributed by atoms with Crippen molar-refractivity contribution in [2.45, 2.75) is 45.7 Å². The lowest BCUT2D eigenvalue weighted by Gasteiger charge is -2.31. The molecule has 6 nitrogen and oxygen atoms in total. The summed E-state index contributed by atoms with van der Waals surface area (Å²) in [5, 5.41) is 3.28. The SMILES string of the molecule is CC(C)OP(=O)(OC(C)C)[C@H](Nc1ccc(N)cc1)c1cccc(N)c1. The van der Waals surface area contributed by atoms with Crippen LogP contribution in [0.4, 0.5) is 17.1 Å². The number of hydrogen-bond acceptors (Lipinski definition) is 6. The average Bonchev–Trinajstić information content (AvgIpc) is 2.52. The van der Waals surface area contributed by atoms with E-state index in [1.54, 1.807) is 24.3 Å². The summed E-state index contributed by atoms with van der Waals surface area (Å²) in [4.78, 5) is 0. The largest absolute Gasteiger partial charge is 0.399 e. The molecule has 5 N–H and O–H groups in total. The van der Waals surface area contributed by atoms with Gasteiger partial charge in [-0.15, -0.1) is 0 Å². The van der Waals surface area contributed by atoms with Crippen LogP contribution in [0.2, 0.25) is 0 Å². The Hall–Kier alpha value is -2.01. The van der Waals surface area contributed by atoms with Gasteiger partial charge in [0.25, 0.3) is 0 Å². The summed E-state index contributed by atoms with van der Waals surface area (Å²) < 4.78 is 25.4. The maximum Gasteiger partial charge on any atom is 0.357 e. The molecule has 0 amide bonds. The fourth-order valence-electron chi connectivity index (χ4n) is 2.55. The van der Waals surface area contributed by atoms with Gasteiger partial charge in [-0.05, 0) is 69.7 Å². The normalized spacial score (nSPS) is 13.2. The van der Waals surface area contributed by atoms with Gasteiger partial charge in [0, 0.05) is 17.1 Å². The Balaban J connectivity index is 2.49. The molecule has 0 heterocycles. The van der Waals surface area contributed by atoms with Gasteiger partial charge in [-0.1, -0.05) is 12.1 Å². The van der Waals surface area contributed by atoms with Gasteiger partial charge in [0.15, 0.2) is 5.78 Å². The molecule has 0 bridgehead atoms. The number of rotatable bonds is 8. The Labute approximate surface area is 155 Å². The van der Waals surface area contributed by atoms with Gasteiger partial charge in [0.05, 0.1) is 12.2 Å². The monoisotopic (exact) mass is 377 g/mol. The lowest BCUT2D eigenvalue weighted by Crippen LogP contribution is -2.19. The summed E-state index contributed by atoms with van der Waals surface area (Å²) in [6.07, 6.45) is -0.535. The molecule has 2 rings (SSSR count). The predicted molar refractivity (Wildman–Crippen MR) is 108 cm³/mol. The Morgan fingerprint density at radius 2 is 1.46 bits per heavy atom. The number of nitrogens with one attached hydrogen (secondary N) is 1. The Morgan fingerprint density at radius 3 is 1.96 bits per heavy atom. The highest BCUT2D eigenvalue weighted by atomic mass is 31.2. The topological polar surface area (TPSA) is 99.6 Å². The molecule has 0 saturated heterocycles. The van der Waals surface area contributed by atoms with Crippen LogP contribution in [-0.2, 0) is 13.6 Å². The lowest BCUT2D eigenvalue weighted by atomic mass is 10.2. The zero-order valence-corrected chi connectivity index (χ0v) is 16.6. The van der Waals surface area contributed by atoms with Crippen LogP contribution < -0.4 is 16.8 Å². The first-order valence-corrected chi connectivity index (χ1v) is 10.2. The third-order valence-corrected chi connectivity index (χ3v) is 5.96. The molecule has 142 valence electrons. The first-order valence-electron chi connectivity index (χ1n) is 8.63. The average molecular weight is 377 g/mol. The van der Waals surface area contributed by atoms with Gasteiger partial charge >= 0.3 is 7.60 Å². The molecule has 0 unspecified atom stereocenters. The summed E-state index contributed by atoms with van der Waals surface area (Å²) in [5.41, 5.74) is 14.4. The van der Waals surface area contributed by atoms with E-state index in [-0.39, 0.29) is 12.2 Å². The minimum Gasteiger partial charge on any atom is -0.399 e. The van der Waals surface area contributed by atoms with Crippen molar-refractivity contribution in [3.63, 3.8) is 0 Å². The van der Waals surface area contributed by atoms with E-state index in [1.165, 1.54) is 0 Å². The summed E-state index contributed by atoms with van der Waals surface area (Å²) in [7, 11) is -3.56. The second-order valence-electron chi connectivity index (χ2n) is 6.69. The molecule has 0 fully saturated rings. The van der Waals surface area contributed by atoms with Gasteiger partial charge in [-0.2, -0.15) is 0 Å². The molecule has 0 saturated carbocycles. The zero-order chi connectivity index (χ0) is 19.3. The third kappa shape index (κ3) is 5.49. The van der Waals surface area contributed by atoms with Crippen LogP contribution in [-0.4, -0.2) is 12.2 Å². The van der Waals surface area contributed by atoms with Crippen LogP contribution in [0.5, 0.6) is 0 Å². The Morgan fingerprint density at radius 1 is 0.885 bits per heavy atom. The van der Waals surface area contributed by atoms with Crippen LogP contribution in [0.3, 0.4) is 0 Å². The maximum atomic E-state index is 13.7. The number of benzene rings is 2. The Kier molecular flexibility index (Phi) is 6.70. The van der Waals surface area contributed by atoms with E-state index in [2.05, 4.69) is 5.32 Å². The molecular formula is C19H28N3O3P. The molecule has 7 heteroatoms. The van der Waals surface area contributed by atoms with Gasteiger partial charge in [0.2, 0.25) is 0 Å². The van der Waals surface area contributed by atoms with Crippen molar-refractivity contribution in [1.29, 1.82) is 0 Å². The molecule has 0 spiro atoms. The van der Waals surface area contributed by atoms with Crippen molar-refractivity contribution in [2.75, 3.05) is 16.8 Å². The highest BCUT2D eigenvalue weighted by Crippen LogP contribution is 2.62. The predicted octanol–water partition coefficient (Wildman–Crippen LogP) is 5.00. The molecule has 1 atom stereocenters. The standard InChI is InChI=1S/C19H28N3O3P/c1-13(2)24-26(23,25-14(3)4)19(15-6-5-7-17(21)12-15)22-18-10-8-16(20)9-11-18/h5-14,19,22H,20-21H2,1-4H3/t19-/m0/s1. The number of nitrogens with two attached hydrogens (primary N) is 2. The smallest absolute Gasteiger partial charge is 0.357 e. The zero-order valence-electron chi connectivity index (χ0n) is 15.7. The molecule has 2 aromatic rings. The van der Waals surface area contributed by atoms with Crippen molar-refractivity contribution < 1.29 is 13.6 Å². The molecule has 0 aliphatic heterocycles. The fourth-order valence-corrected chi connectivity index (χ4v) is 4.85. The number of hydrogen-bond donors (Lipinski definition) is 3. The van der Waals surface area contributed by atoms with Crippen LogP contribution in [0, 0.1) is 0 Å². The minimum atomic E-state index is -3.56. The second kappa shape index (κ2) is 8.58. The van der Waals surface area contributed by atoms with Gasteiger partial charge in [-0.3, -0.25) is 4.57 Å². The van der Waals surface area contributed by atoms with Gasteiger partial charge in [0.1, 0.15) is 0 Å². The molecule has 26 heavy (non-hydrogen) atoms. The van der Waals surface area contributed by atoms with E-state index < -0.39 is 13.4 Å². The molecule has 0 aliphatic rings. The minimum absolute atomic E-state index is 0.267. The molecule has 0 aromatic heterocycles. The van der Waals surface area contributed by atoms with Crippen molar-refractivity contribution in [3.05, 3.63) is 54.1 Å². The van der Waals surface area contributed by atoms with Crippen molar-refractivity contribution >= 4 is 24.7 Å². The lowest BCUT2D eigenvalue weighted by molar-refractivity contribution is 0.138. The van der Waals surface area contributed by atoms with E-state index in [1.807, 2.05) is 52.0 Å². The highest BCUT2D eigenvalue weighted by molar-refractivity contribution is 7.54. The summed E-state index contributed by atoms with van der Waals surface area (Å²) in [6.45, 7) is 7.32. The van der Waals surface area contributed by atoms with Crippen LogP contribution in [0.15, 0.2) is 48.5 Å². The van der Waals surface area contributed by atoms with Crippen LogP contribution in [0.1, 0.15) is 39.0 Å². The number of anilines is 3. The highest BCUT2D eigenvalue weighted by Gasteiger charge is 2.39. The maximum absolute atomic E-state index is 13.7. The number of nitrogen functional groups attached to an aromatic ring is 2. The van der Waals surface area contributed by atoms with E-state index in [4.69, 9.17) is 20.5 Å².